The second-order valence-electron chi connectivity index (χ2n) is 5.44. The number of hydrogen-bond donors (Lipinski definition) is 1. The molecule has 0 amide bonds. The Balaban J connectivity index is 1.89. The number of aromatic nitrogens is 1. The van der Waals surface area contributed by atoms with E-state index < -0.39 is 0 Å². The molecule has 4 nitrogen and oxygen atoms in total. The molecule has 0 atom stereocenters. The fraction of sp³-hybridized carbons (Fsp3) is 0.400. The van der Waals surface area contributed by atoms with E-state index >= 15 is 0 Å². The molecule has 0 saturated carbocycles. The SMILES string of the molecule is O=C=NCc1ccc2[nH]c3c(c2c1)C1CCN3CC1. The van der Waals surface area contributed by atoms with Crippen LogP contribution in [0.15, 0.2) is 23.2 Å². The number of rotatable bonds is 2. The van der Waals surface area contributed by atoms with Crippen LogP contribution in [-0.4, -0.2) is 24.2 Å². The van der Waals surface area contributed by atoms with Crippen molar-refractivity contribution in [3.8, 4) is 0 Å². The standard InChI is InChI=1S/C15H15N3O/c19-9-16-8-10-1-2-13-12(7-10)14-11-3-5-18(6-4-11)15(14)17-13/h1-2,7,11,17H,3-6,8H2. The van der Waals surface area contributed by atoms with Crippen molar-refractivity contribution in [2.24, 2.45) is 4.99 Å². The summed E-state index contributed by atoms with van der Waals surface area (Å²) in [5, 5.41) is 1.31. The molecule has 1 aromatic carbocycles. The third kappa shape index (κ3) is 1.53. The summed E-state index contributed by atoms with van der Waals surface area (Å²) in [7, 11) is 0. The Morgan fingerprint density at radius 2 is 2.21 bits per heavy atom. The maximum atomic E-state index is 10.2. The molecule has 0 unspecified atom stereocenters. The number of aliphatic imine (C=N–C) groups is 1. The van der Waals surface area contributed by atoms with Crippen LogP contribution >= 0.6 is 0 Å². The zero-order valence-corrected chi connectivity index (χ0v) is 10.6. The predicted molar refractivity (Wildman–Crippen MR) is 74.3 cm³/mol. The second kappa shape index (κ2) is 3.97. The topological polar surface area (TPSA) is 48.5 Å². The Hall–Kier alpha value is -2.06. The summed E-state index contributed by atoms with van der Waals surface area (Å²) in [6.45, 7) is 2.77. The first-order valence-electron chi connectivity index (χ1n) is 6.80. The van der Waals surface area contributed by atoms with Gasteiger partial charge in [0.25, 0.3) is 0 Å². The fourth-order valence-corrected chi connectivity index (χ4v) is 3.52. The van der Waals surface area contributed by atoms with E-state index in [0.717, 1.165) is 5.56 Å². The number of anilines is 1. The average molecular weight is 253 g/mol. The first-order valence-corrected chi connectivity index (χ1v) is 6.80. The van der Waals surface area contributed by atoms with Crippen LogP contribution in [0.4, 0.5) is 5.82 Å². The molecule has 0 radical (unpaired) electrons. The van der Waals surface area contributed by atoms with Gasteiger partial charge in [-0.3, -0.25) is 0 Å². The van der Waals surface area contributed by atoms with Gasteiger partial charge >= 0.3 is 0 Å². The predicted octanol–water partition coefficient (Wildman–Crippen LogP) is 2.70. The van der Waals surface area contributed by atoms with Crippen LogP contribution < -0.4 is 4.90 Å². The lowest BCUT2D eigenvalue weighted by Gasteiger charge is -2.40. The highest BCUT2D eigenvalue weighted by atomic mass is 16.1. The molecule has 19 heavy (non-hydrogen) atoms. The molecule has 3 aliphatic rings. The van der Waals surface area contributed by atoms with Gasteiger partial charge in [0.1, 0.15) is 5.82 Å². The Morgan fingerprint density at radius 3 is 3.00 bits per heavy atom. The smallest absolute Gasteiger partial charge is 0.235 e. The van der Waals surface area contributed by atoms with Crippen LogP contribution in [0.3, 0.4) is 0 Å². The van der Waals surface area contributed by atoms with Gasteiger partial charge in [0.15, 0.2) is 0 Å². The Bertz CT molecular complexity index is 689. The lowest BCUT2D eigenvalue weighted by Crippen LogP contribution is -2.38. The van der Waals surface area contributed by atoms with Crippen molar-refractivity contribution in [3.05, 3.63) is 29.3 Å². The van der Waals surface area contributed by atoms with Crippen molar-refractivity contribution in [2.45, 2.75) is 25.3 Å². The zero-order chi connectivity index (χ0) is 12.8. The van der Waals surface area contributed by atoms with E-state index in [1.165, 1.54) is 48.2 Å². The van der Waals surface area contributed by atoms with E-state index in [9.17, 15) is 4.79 Å². The van der Waals surface area contributed by atoms with Crippen LogP contribution in [0.1, 0.15) is 29.9 Å². The second-order valence-corrected chi connectivity index (χ2v) is 5.44. The van der Waals surface area contributed by atoms with Crippen molar-refractivity contribution < 1.29 is 4.79 Å². The van der Waals surface area contributed by atoms with Crippen LogP contribution in [0.2, 0.25) is 0 Å². The van der Waals surface area contributed by atoms with Crippen LogP contribution in [0.25, 0.3) is 10.9 Å². The number of fused-ring (bicyclic) bond motifs is 3. The number of isocyanates is 1. The molecule has 3 aliphatic heterocycles. The van der Waals surface area contributed by atoms with Gasteiger partial charge in [-0.05, 0) is 36.5 Å². The number of benzene rings is 1. The number of piperidine rings is 1. The van der Waals surface area contributed by atoms with Crippen molar-refractivity contribution in [1.82, 2.24) is 4.98 Å². The molecular formula is C15H15N3O. The van der Waals surface area contributed by atoms with Gasteiger partial charge in [-0.2, -0.15) is 0 Å². The normalized spacial score (nSPS) is 17.6. The van der Waals surface area contributed by atoms with Gasteiger partial charge in [0.2, 0.25) is 6.08 Å². The third-order valence-electron chi connectivity index (χ3n) is 4.43. The summed E-state index contributed by atoms with van der Waals surface area (Å²) < 4.78 is 0. The third-order valence-corrected chi connectivity index (χ3v) is 4.43. The first-order chi connectivity index (χ1) is 9.36. The van der Waals surface area contributed by atoms with Crippen molar-refractivity contribution in [1.29, 1.82) is 0 Å². The summed E-state index contributed by atoms with van der Waals surface area (Å²) in [6, 6.07) is 6.31. The molecule has 0 spiro atoms. The minimum atomic E-state index is 0.424. The molecule has 1 N–H and O–H groups in total. The van der Waals surface area contributed by atoms with Gasteiger partial charge in [-0.15, -0.1) is 0 Å². The molecule has 96 valence electrons. The largest absolute Gasteiger partial charge is 0.358 e. The highest BCUT2D eigenvalue weighted by Crippen LogP contribution is 2.45. The van der Waals surface area contributed by atoms with E-state index in [2.05, 4.69) is 27.0 Å². The van der Waals surface area contributed by atoms with Crippen molar-refractivity contribution in [2.75, 3.05) is 18.0 Å². The maximum Gasteiger partial charge on any atom is 0.235 e. The minimum absolute atomic E-state index is 0.424. The zero-order valence-electron chi connectivity index (χ0n) is 10.6. The number of carbonyl (C=O) groups excluding carboxylic acids is 1. The Morgan fingerprint density at radius 1 is 1.37 bits per heavy atom. The van der Waals surface area contributed by atoms with E-state index in [1.54, 1.807) is 6.08 Å². The first kappa shape index (κ1) is 10.8. The highest BCUT2D eigenvalue weighted by molar-refractivity contribution is 5.91. The summed E-state index contributed by atoms with van der Waals surface area (Å²) in [6.07, 6.45) is 4.13. The van der Waals surface area contributed by atoms with Gasteiger partial charge in [-0.1, -0.05) is 6.07 Å². The van der Waals surface area contributed by atoms with Gasteiger partial charge < -0.3 is 9.88 Å². The molecule has 4 heteroatoms. The molecule has 4 heterocycles. The molecule has 1 fully saturated rings. The molecule has 2 bridgehead atoms. The van der Waals surface area contributed by atoms with Crippen LogP contribution in [0, 0.1) is 0 Å². The monoisotopic (exact) mass is 253 g/mol. The van der Waals surface area contributed by atoms with Gasteiger partial charge in [-0.25, -0.2) is 9.79 Å². The lowest BCUT2D eigenvalue weighted by atomic mass is 9.84. The molecule has 0 aliphatic carbocycles. The number of H-pyrrole nitrogens is 1. The van der Waals surface area contributed by atoms with Crippen LogP contribution in [-0.2, 0) is 11.3 Å². The number of nitrogens with one attached hydrogen (secondary N) is 1. The molecule has 1 aromatic heterocycles. The Kier molecular flexibility index (Phi) is 2.26. The number of aromatic amines is 1. The molecule has 5 rings (SSSR count). The highest BCUT2D eigenvalue weighted by Gasteiger charge is 2.33. The van der Waals surface area contributed by atoms with E-state index in [-0.39, 0.29) is 0 Å². The van der Waals surface area contributed by atoms with Crippen molar-refractivity contribution >= 4 is 22.8 Å². The summed E-state index contributed by atoms with van der Waals surface area (Å²) in [4.78, 5) is 19.9. The van der Waals surface area contributed by atoms with E-state index in [4.69, 9.17) is 0 Å². The maximum absolute atomic E-state index is 10.2. The molecule has 1 saturated heterocycles. The summed E-state index contributed by atoms with van der Waals surface area (Å²) in [5.41, 5.74) is 3.75. The number of nitrogens with zero attached hydrogens (tertiary/aromatic N) is 2. The van der Waals surface area contributed by atoms with Gasteiger partial charge in [0, 0.05) is 29.6 Å². The van der Waals surface area contributed by atoms with E-state index in [0.29, 0.717) is 12.5 Å². The fourth-order valence-electron chi connectivity index (χ4n) is 3.52. The Labute approximate surface area is 111 Å². The van der Waals surface area contributed by atoms with Crippen molar-refractivity contribution in [3.63, 3.8) is 0 Å². The summed E-state index contributed by atoms with van der Waals surface area (Å²) >= 11 is 0. The lowest BCUT2D eigenvalue weighted by molar-refractivity contribution is 0.475. The quantitative estimate of drug-likeness (QED) is 0.660. The van der Waals surface area contributed by atoms with Gasteiger partial charge in [0.05, 0.1) is 6.54 Å². The van der Waals surface area contributed by atoms with E-state index in [1.807, 2.05) is 6.07 Å². The summed E-state index contributed by atoms with van der Waals surface area (Å²) in [5.74, 6) is 2.01. The number of hydrogen-bond acceptors (Lipinski definition) is 3. The van der Waals surface area contributed by atoms with Crippen LogP contribution in [0.5, 0.6) is 0 Å². The molecule has 2 aromatic rings. The minimum Gasteiger partial charge on any atom is -0.358 e. The average Bonchev–Trinajstić information content (AvgIpc) is 2.87. The molecular weight excluding hydrogens is 238 g/mol.